The molecule has 0 spiro atoms. The summed E-state index contributed by atoms with van der Waals surface area (Å²) in [6.07, 6.45) is 9.40. The van der Waals surface area contributed by atoms with E-state index < -0.39 is 5.97 Å². The summed E-state index contributed by atoms with van der Waals surface area (Å²) in [6, 6.07) is 3.97. The Hall–Kier alpha value is -2.34. The van der Waals surface area contributed by atoms with Crippen LogP contribution >= 0.6 is 11.3 Å². The van der Waals surface area contributed by atoms with Crippen LogP contribution in [0.3, 0.4) is 0 Å². The number of carboxylic acid groups (broad SMARTS) is 1. The fourth-order valence-corrected chi connectivity index (χ4v) is 4.10. The summed E-state index contributed by atoms with van der Waals surface area (Å²) in [5, 5.41) is 10.9. The molecule has 0 aliphatic heterocycles. The van der Waals surface area contributed by atoms with Gasteiger partial charge in [0.2, 0.25) is 5.91 Å². The molecule has 5 nitrogen and oxygen atoms in total. The zero-order valence-corrected chi connectivity index (χ0v) is 18.4. The van der Waals surface area contributed by atoms with Crippen molar-refractivity contribution in [2.24, 2.45) is 0 Å². The third kappa shape index (κ3) is 7.20. The van der Waals surface area contributed by atoms with Crippen molar-refractivity contribution in [3.05, 3.63) is 39.8 Å². The maximum atomic E-state index is 12.3. The van der Waals surface area contributed by atoms with E-state index in [9.17, 15) is 9.59 Å². The Labute approximate surface area is 177 Å². The van der Waals surface area contributed by atoms with E-state index in [2.05, 4.69) is 19.9 Å². The zero-order chi connectivity index (χ0) is 21.2. The second kappa shape index (κ2) is 11.6. The highest BCUT2D eigenvalue weighted by Crippen LogP contribution is 2.33. The molecule has 2 rings (SSSR count). The summed E-state index contributed by atoms with van der Waals surface area (Å²) >= 11 is 1.61. The largest absolute Gasteiger partial charge is 0.478 e. The standard InChI is InChI=1S/C23H31NO4S/c1-4-6-7-8-10-21(25)24(3)15-20-14-18(16-29-20)23-17(9-5-2)13-19(28-23)11-12-22(26)27/h11-14,16H,4-10,15H2,1-3H3,(H,26,27). The Kier molecular flexibility index (Phi) is 9.19. The van der Waals surface area contributed by atoms with E-state index in [-0.39, 0.29) is 5.91 Å². The molecular weight excluding hydrogens is 386 g/mol. The molecule has 0 fully saturated rings. The average molecular weight is 418 g/mol. The molecule has 2 aromatic rings. The van der Waals surface area contributed by atoms with Crippen LogP contribution in [0, 0.1) is 0 Å². The number of hydrogen-bond donors (Lipinski definition) is 1. The van der Waals surface area contributed by atoms with Gasteiger partial charge in [-0.3, -0.25) is 4.79 Å². The molecule has 0 aliphatic rings. The number of amides is 1. The zero-order valence-electron chi connectivity index (χ0n) is 17.6. The van der Waals surface area contributed by atoms with Gasteiger partial charge in [-0.05, 0) is 36.6 Å². The Morgan fingerprint density at radius 2 is 1.97 bits per heavy atom. The fourth-order valence-electron chi connectivity index (χ4n) is 3.18. The van der Waals surface area contributed by atoms with E-state index in [1.807, 2.05) is 18.5 Å². The molecule has 2 aromatic heterocycles. The van der Waals surface area contributed by atoms with Crippen molar-refractivity contribution in [3.63, 3.8) is 0 Å². The van der Waals surface area contributed by atoms with Gasteiger partial charge in [-0.15, -0.1) is 11.3 Å². The SMILES string of the molecule is CCCCCCC(=O)N(C)Cc1cc(-c2oc(C=CC(=O)O)cc2CCC)cs1. The maximum Gasteiger partial charge on any atom is 0.328 e. The number of nitrogens with zero attached hydrogens (tertiary/aromatic N) is 1. The molecule has 0 aliphatic carbocycles. The summed E-state index contributed by atoms with van der Waals surface area (Å²) in [7, 11) is 1.85. The first-order valence-corrected chi connectivity index (χ1v) is 11.2. The topological polar surface area (TPSA) is 70.8 Å². The van der Waals surface area contributed by atoms with Gasteiger partial charge in [0.05, 0.1) is 6.54 Å². The van der Waals surface area contributed by atoms with Gasteiger partial charge in [0.15, 0.2) is 0 Å². The molecular formula is C23H31NO4S. The minimum atomic E-state index is -1.000. The summed E-state index contributed by atoms with van der Waals surface area (Å²) in [6.45, 7) is 4.86. The number of aliphatic carboxylic acids is 1. The van der Waals surface area contributed by atoms with Crippen molar-refractivity contribution in [2.45, 2.75) is 65.3 Å². The summed E-state index contributed by atoms with van der Waals surface area (Å²) in [5.41, 5.74) is 2.05. The van der Waals surface area contributed by atoms with E-state index in [1.54, 1.807) is 16.2 Å². The number of carboxylic acids is 1. The molecule has 6 heteroatoms. The molecule has 29 heavy (non-hydrogen) atoms. The normalized spacial score (nSPS) is 11.3. The smallest absolute Gasteiger partial charge is 0.328 e. The molecule has 0 saturated heterocycles. The lowest BCUT2D eigenvalue weighted by atomic mass is 10.1. The molecule has 2 heterocycles. The van der Waals surface area contributed by atoms with Crippen LogP contribution in [0.15, 0.2) is 28.0 Å². The van der Waals surface area contributed by atoms with Gasteiger partial charge < -0.3 is 14.4 Å². The quantitative estimate of drug-likeness (QED) is 0.340. The first-order valence-electron chi connectivity index (χ1n) is 10.3. The van der Waals surface area contributed by atoms with E-state index in [1.165, 1.54) is 18.9 Å². The lowest BCUT2D eigenvalue weighted by Gasteiger charge is -2.16. The molecule has 0 saturated carbocycles. The fraction of sp³-hybridized carbons (Fsp3) is 0.478. The second-order valence-corrected chi connectivity index (χ2v) is 8.28. The van der Waals surface area contributed by atoms with Crippen molar-refractivity contribution in [3.8, 4) is 11.3 Å². The minimum absolute atomic E-state index is 0.182. The van der Waals surface area contributed by atoms with Crippen molar-refractivity contribution in [1.82, 2.24) is 4.90 Å². The van der Waals surface area contributed by atoms with Crippen molar-refractivity contribution in [2.75, 3.05) is 7.05 Å². The number of unbranched alkanes of at least 4 members (excludes halogenated alkanes) is 3. The lowest BCUT2D eigenvalue weighted by Crippen LogP contribution is -2.25. The minimum Gasteiger partial charge on any atom is -0.478 e. The molecule has 0 unspecified atom stereocenters. The summed E-state index contributed by atoms with van der Waals surface area (Å²) < 4.78 is 5.92. The van der Waals surface area contributed by atoms with E-state index >= 15 is 0 Å². The molecule has 0 atom stereocenters. The lowest BCUT2D eigenvalue weighted by molar-refractivity contribution is -0.131. The van der Waals surface area contributed by atoms with Gasteiger partial charge >= 0.3 is 5.97 Å². The van der Waals surface area contributed by atoms with E-state index in [4.69, 9.17) is 9.52 Å². The molecule has 158 valence electrons. The predicted octanol–water partition coefficient (Wildman–Crippen LogP) is 5.99. The first-order chi connectivity index (χ1) is 13.9. The van der Waals surface area contributed by atoms with Crippen LogP contribution < -0.4 is 0 Å². The highest BCUT2D eigenvalue weighted by Gasteiger charge is 2.15. The number of carbonyl (C=O) groups excluding carboxylic acids is 1. The van der Waals surface area contributed by atoms with Gasteiger partial charge in [-0.2, -0.15) is 0 Å². The first kappa shape index (κ1) is 22.9. The van der Waals surface area contributed by atoms with E-state index in [0.29, 0.717) is 18.7 Å². The number of hydrogen-bond acceptors (Lipinski definition) is 4. The number of rotatable bonds is 12. The third-order valence-electron chi connectivity index (χ3n) is 4.72. The molecule has 0 radical (unpaired) electrons. The van der Waals surface area contributed by atoms with Gasteiger partial charge in [0.1, 0.15) is 11.5 Å². The highest BCUT2D eigenvalue weighted by molar-refractivity contribution is 7.10. The maximum absolute atomic E-state index is 12.3. The Morgan fingerprint density at radius 3 is 2.66 bits per heavy atom. The van der Waals surface area contributed by atoms with Crippen LogP contribution in [0.25, 0.3) is 17.4 Å². The van der Waals surface area contributed by atoms with Crippen molar-refractivity contribution < 1.29 is 19.1 Å². The van der Waals surface area contributed by atoms with Gasteiger partial charge in [-0.25, -0.2) is 4.79 Å². The number of carbonyl (C=O) groups is 2. The average Bonchev–Trinajstić information content (AvgIpc) is 3.30. The monoisotopic (exact) mass is 417 g/mol. The molecule has 1 N–H and O–H groups in total. The van der Waals surface area contributed by atoms with Crippen LogP contribution in [0.1, 0.15) is 68.6 Å². The molecule has 0 bridgehead atoms. The van der Waals surface area contributed by atoms with Crippen LogP contribution in [0.2, 0.25) is 0 Å². The van der Waals surface area contributed by atoms with Crippen molar-refractivity contribution >= 4 is 29.3 Å². The third-order valence-corrected chi connectivity index (χ3v) is 5.64. The highest BCUT2D eigenvalue weighted by atomic mass is 32.1. The van der Waals surface area contributed by atoms with Crippen LogP contribution in [-0.4, -0.2) is 28.9 Å². The summed E-state index contributed by atoms with van der Waals surface area (Å²) in [4.78, 5) is 26.0. The van der Waals surface area contributed by atoms with E-state index in [0.717, 1.165) is 53.5 Å². The van der Waals surface area contributed by atoms with Crippen LogP contribution in [-0.2, 0) is 22.6 Å². The Morgan fingerprint density at radius 1 is 1.17 bits per heavy atom. The van der Waals surface area contributed by atoms with Gasteiger partial charge in [-0.1, -0.05) is 39.5 Å². The van der Waals surface area contributed by atoms with Gasteiger partial charge in [0, 0.05) is 35.4 Å². The summed E-state index contributed by atoms with van der Waals surface area (Å²) in [5.74, 6) is 0.507. The van der Waals surface area contributed by atoms with Crippen molar-refractivity contribution in [1.29, 1.82) is 0 Å². The molecule has 1 amide bonds. The number of aryl methyl sites for hydroxylation is 1. The predicted molar refractivity (Wildman–Crippen MR) is 118 cm³/mol. The number of furan rings is 1. The Balaban J connectivity index is 2.06. The van der Waals surface area contributed by atoms with Gasteiger partial charge in [0.25, 0.3) is 0 Å². The Bertz CT molecular complexity index is 834. The van der Waals surface area contributed by atoms with Crippen LogP contribution in [0.5, 0.6) is 0 Å². The number of thiophene rings is 1. The molecule has 0 aromatic carbocycles. The van der Waals surface area contributed by atoms with Crippen LogP contribution in [0.4, 0.5) is 0 Å². The second-order valence-electron chi connectivity index (χ2n) is 7.29.